The van der Waals surface area contributed by atoms with Crippen LogP contribution in [0.25, 0.3) is 0 Å². The summed E-state index contributed by atoms with van der Waals surface area (Å²) < 4.78 is 5.03. The molecule has 1 saturated heterocycles. The van der Waals surface area contributed by atoms with Gasteiger partial charge in [0.25, 0.3) is 0 Å². The first kappa shape index (κ1) is 13.3. The zero-order valence-electron chi connectivity index (χ0n) is 10.5. The first-order valence-corrected chi connectivity index (χ1v) is 5.83. The van der Waals surface area contributed by atoms with E-state index in [0.29, 0.717) is 19.2 Å². The molecule has 0 aromatic carbocycles. The molecule has 5 heteroatoms. The summed E-state index contributed by atoms with van der Waals surface area (Å²) in [4.78, 5) is 15.4. The number of rotatable bonds is 5. The molecule has 0 bridgehead atoms. The Morgan fingerprint density at radius 2 is 2.25 bits per heavy atom. The monoisotopic (exact) mass is 229 g/mol. The summed E-state index contributed by atoms with van der Waals surface area (Å²) in [5.74, 6) is 0. The number of carbonyl (C=O) groups is 1. The molecule has 1 fully saturated rings. The average molecular weight is 229 g/mol. The van der Waals surface area contributed by atoms with Crippen LogP contribution in [0, 0.1) is 0 Å². The van der Waals surface area contributed by atoms with Gasteiger partial charge in [0, 0.05) is 40.3 Å². The van der Waals surface area contributed by atoms with Gasteiger partial charge in [-0.1, -0.05) is 0 Å². The lowest BCUT2D eigenvalue weighted by Crippen LogP contribution is -2.46. The molecular formula is C11H23N3O2. The van der Waals surface area contributed by atoms with Gasteiger partial charge < -0.3 is 19.9 Å². The Morgan fingerprint density at radius 1 is 1.50 bits per heavy atom. The van der Waals surface area contributed by atoms with Crippen molar-refractivity contribution in [1.82, 2.24) is 15.1 Å². The van der Waals surface area contributed by atoms with Gasteiger partial charge in [-0.15, -0.1) is 0 Å². The minimum absolute atomic E-state index is 0.0609. The number of nitrogens with zero attached hydrogens (tertiary/aromatic N) is 2. The molecule has 5 nitrogen and oxygen atoms in total. The van der Waals surface area contributed by atoms with Crippen molar-refractivity contribution in [3.8, 4) is 0 Å². The fourth-order valence-corrected chi connectivity index (χ4v) is 1.93. The molecule has 0 aromatic heterocycles. The molecule has 0 aromatic rings. The van der Waals surface area contributed by atoms with E-state index in [-0.39, 0.29) is 6.03 Å². The maximum atomic E-state index is 11.9. The smallest absolute Gasteiger partial charge is 0.319 e. The highest BCUT2D eigenvalue weighted by molar-refractivity contribution is 5.73. The molecule has 0 saturated carbocycles. The molecule has 2 amide bonds. The van der Waals surface area contributed by atoms with Crippen LogP contribution in [0.4, 0.5) is 4.79 Å². The second-order valence-electron chi connectivity index (χ2n) is 4.41. The molecule has 1 aliphatic heterocycles. The lowest BCUT2D eigenvalue weighted by Gasteiger charge is -2.28. The van der Waals surface area contributed by atoms with Crippen molar-refractivity contribution in [3.63, 3.8) is 0 Å². The molecule has 0 radical (unpaired) electrons. The molecule has 0 spiro atoms. The Hall–Kier alpha value is -0.810. The summed E-state index contributed by atoms with van der Waals surface area (Å²) in [6.07, 6.45) is 2.36. The number of hydrogen-bond donors (Lipinski definition) is 1. The molecule has 1 aliphatic rings. The Kier molecular flexibility index (Phi) is 5.55. The topological polar surface area (TPSA) is 44.8 Å². The molecular weight excluding hydrogens is 206 g/mol. The molecule has 16 heavy (non-hydrogen) atoms. The number of methoxy groups -OCH3 is 1. The van der Waals surface area contributed by atoms with E-state index in [1.165, 1.54) is 6.42 Å². The fourth-order valence-electron chi connectivity index (χ4n) is 1.93. The normalized spacial score (nSPS) is 19.8. The summed E-state index contributed by atoms with van der Waals surface area (Å²) in [5, 5.41) is 3.40. The Balaban J connectivity index is 2.44. The Bertz CT molecular complexity index is 215. The second kappa shape index (κ2) is 6.70. The zero-order chi connectivity index (χ0) is 12.0. The van der Waals surface area contributed by atoms with Crippen LogP contribution < -0.4 is 5.32 Å². The van der Waals surface area contributed by atoms with Crippen molar-refractivity contribution in [1.29, 1.82) is 0 Å². The lowest BCUT2D eigenvalue weighted by atomic mass is 10.2. The Morgan fingerprint density at radius 3 is 2.75 bits per heavy atom. The number of amides is 2. The van der Waals surface area contributed by atoms with Gasteiger partial charge in [0.2, 0.25) is 0 Å². The highest BCUT2D eigenvalue weighted by Crippen LogP contribution is 2.08. The summed E-state index contributed by atoms with van der Waals surface area (Å²) in [6, 6.07) is 0.506. The van der Waals surface area contributed by atoms with Gasteiger partial charge in [-0.05, 0) is 19.4 Å². The maximum absolute atomic E-state index is 11.9. The summed E-state index contributed by atoms with van der Waals surface area (Å²) >= 11 is 0. The van der Waals surface area contributed by atoms with E-state index in [9.17, 15) is 4.79 Å². The van der Waals surface area contributed by atoms with Gasteiger partial charge in [-0.25, -0.2) is 4.79 Å². The molecule has 1 rings (SSSR count). The number of urea groups is 1. The van der Waals surface area contributed by atoms with Gasteiger partial charge in [0.1, 0.15) is 0 Å². The van der Waals surface area contributed by atoms with Crippen LogP contribution >= 0.6 is 0 Å². The predicted molar refractivity (Wildman–Crippen MR) is 63.6 cm³/mol. The SMILES string of the molecule is COCCN(CC1CCCN1)C(=O)N(C)C. The van der Waals surface area contributed by atoms with E-state index < -0.39 is 0 Å². The highest BCUT2D eigenvalue weighted by atomic mass is 16.5. The van der Waals surface area contributed by atoms with Gasteiger partial charge in [-0.2, -0.15) is 0 Å². The molecule has 94 valence electrons. The number of ether oxygens (including phenoxy) is 1. The minimum Gasteiger partial charge on any atom is -0.383 e. The predicted octanol–water partition coefficient (Wildman–Crippen LogP) is 0.368. The van der Waals surface area contributed by atoms with Crippen molar-refractivity contribution in [2.45, 2.75) is 18.9 Å². The van der Waals surface area contributed by atoms with Gasteiger partial charge in [0.15, 0.2) is 0 Å². The van der Waals surface area contributed by atoms with E-state index in [0.717, 1.165) is 19.5 Å². The number of carbonyl (C=O) groups excluding carboxylic acids is 1. The van der Waals surface area contributed by atoms with Crippen molar-refractivity contribution in [3.05, 3.63) is 0 Å². The molecule has 0 aliphatic carbocycles. The maximum Gasteiger partial charge on any atom is 0.319 e. The number of nitrogens with one attached hydrogen (secondary N) is 1. The average Bonchev–Trinajstić information content (AvgIpc) is 2.75. The third kappa shape index (κ3) is 3.98. The van der Waals surface area contributed by atoms with Crippen molar-refractivity contribution in [2.24, 2.45) is 0 Å². The van der Waals surface area contributed by atoms with E-state index in [4.69, 9.17) is 4.74 Å². The lowest BCUT2D eigenvalue weighted by molar-refractivity contribution is 0.131. The van der Waals surface area contributed by atoms with Crippen LogP contribution in [0.2, 0.25) is 0 Å². The molecule has 1 N–H and O–H groups in total. The molecule has 1 unspecified atom stereocenters. The van der Waals surface area contributed by atoms with Gasteiger partial charge >= 0.3 is 6.03 Å². The third-order valence-corrected chi connectivity index (χ3v) is 2.82. The summed E-state index contributed by atoms with van der Waals surface area (Å²) in [7, 11) is 5.22. The number of hydrogen-bond acceptors (Lipinski definition) is 3. The highest BCUT2D eigenvalue weighted by Gasteiger charge is 2.22. The van der Waals surface area contributed by atoms with Crippen molar-refractivity contribution >= 4 is 6.03 Å². The van der Waals surface area contributed by atoms with Crippen molar-refractivity contribution < 1.29 is 9.53 Å². The van der Waals surface area contributed by atoms with Crippen LogP contribution in [0.5, 0.6) is 0 Å². The van der Waals surface area contributed by atoms with Gasteiger partial charge in [0.05, 0.1) is 6.61 Å². The molecule has 1 heterocycles. The first-order valence-electron chi connectivity index (χ1n) is 5.83. The quantitative estimate of drug-likeness (QED) is 0.741. The fraction of sp³-hybridized carbons (Fsp3) is 0.909. The van der Waals surface area contributed by atoms with E-state index in [1.54, 1.807) is 26.1 Å². The first-order chi connectivity index (χ1) is 7.65. The van der Waals surface area contributed by atoms with Gasteiger partial charge in [-0.3, -0.25) is 0 Å². The minimum atomic E-state index is 0.0609. The van der Waals surface area contributed by atoms with Crippen LogP contribution in [0.3, 0.4) is 0 Å². The van der Waals surface area contributed by atoms with Crippen LogP contribution in [-0.2, 0) is 4.74 Å². The zero-order valence-corrected chi connectivity index (χ0v) is 10.5. The molecule has 1 atom stereocenters. The van der Waals surface area contributed by atoms with Crippen molar-refractivity contribution in [2.75, 3.05) is 47.4 Å². The van der Waals surface area contributed by atoms with Crippen LogP contribution in [-0.4, -0.2) is 69.3 Å². The van der Waals surface area contributed by atoms with E-state index >= 15 is 0 Å². The third-order valence-electron chi connectivity index (χ3n) is 2.82. The van der Waals surface area contributed by atoms with Crippen LogP contribution in [0.1, 0.15) is 12.8 Å². The summed E-state index contributed by atoms with van der Waals surface area (Å²) in [6.45, 7) is 3.09. The standard InChI is InChI=1S/C11H23N3O2/c1-13(2)11(15)14(7-8-16-3)9-10-5-4-6-12-10/h10,12H,4-9H2,1-3H3. The second-order valence-corrected chi connectivity index (χ2v) is 4.41. The van der Waals surface area contributed by atoms with Crippen LogP contribution in [0.15, 0.2) is 0 Å². The Labute approximate surface area is 97.7 Å². The van der Waals surface area contributed by atoms with E-state index in [1.807, 2.05) is 4.90 Å². The largest absolute Gasteiger partial charge is 0.383 e. The van der Waals surface area contributed by atoms with E-state index in [2.05, 4.69) is 5.32 Å². The summed E-state index contributed by atoms with van der Waals surface area (Å²) in [5.41, 5.74) is 0.